The molecule has 162 valence electrons. The highest BCUT2D eigenvalue weighted by Gasteiger charge is 2.25. The van der Waals surface area contributed by atoms with Crippen molar-refractivity contribution in [2.24, 2.45) is 4.99 Å². The Bertz CT molecular complexity index is 660. The minimum absolute atomic E-state index is 0. The SMILES string of the molecule is CCNC(=NCCCC(=O)N1Cc2ccccc2C1)NC1CCC(SCC)C1.I. The van der Waals surface area contributed by atoms with Gasteiger partial charge < -0.3 is 15.5 Å². The Morgan fingerprint density at radius 2 is 1.93 bits per heavy atom. The van der Waals surface area contributed by atoms with Crippen LogP contribution in [0.1, 0.15) is 57.1 Å². The van der Waals surface area contributed by atoms with Crippen molar-refractivity contribution in [2.75, 3.05) is 18.8 Å². The van der Waals surface area contributed by atoms with Gasteiger partial charge in [-0.15, -0.1) is 24.0 Å². The van der Waals surface area contributed by atoms with Crippen molar-refractivity contribution < 1.29 is 4.79 Å². The summed E-state index contributed by atoms with van der Waals surface area (Å²) in [5, 5.41) is 7.72. The van der Waals surface area contributed by atoms with Gasteiger partial charge in [0, 0.05) is 43.9 Å². The Labute approximate surface area is 196 Å². The second-order valence-corrected chi connectivity index (χ2v) is 9.19. The highest BCUT2D eigenvalue weighted by atomic mass is 127. The molecule has 7 heteroatoms. The van der Waals surface area contributed by atoms with E-state index in [-0.39, 0.29) is 29.9 Å². The van der Waals surface area contributed by atoms with Gasteiger partial charge in [-0.2, -0.15) is 11.8 Å². The molecule has 1 amide bonds. The van der Waals surface area contributed by atoms with Crippen LogP contribution in [0.3, 0.4) is 0 Å². The van der Waals surface area contributed by atoms with Gasteiger partial charge in [0.2, 0.25) is 5.91 Å². The smallest absolute Gasteiger partial charge is 0.223 e. The number of benzene rings is 1. The number of carbonyl (C=O) groups excluding carboxylic acids is 1. The number of rotatable bonds is 8. The monoisotopic (exact) mass is 530 g/mol. The van der Waals surface area contributed by atoms with Crippen molar-refractivity contribution in [2.45, 2.75) is 70.3 Å². The summed E-state index contributed by atoms with van der Waals surface area (Å²) in [5.41, 5.74) is 2.56. The van der Waals surface area contributed by atoms with Crippen LogP contribution in [-0.2, 0) is 17.9 Å². The van der Waals surface area contributed by atoms with Gasteiger partial charge in [-0.3, -0.25) is 9.79 Å². The molecule has 0 saturated heterocycles. The molecule has 1 fully saturated rings. The van der Waals surface area contributed by atoms with E-state index in [1.54, 1.807) is 0 Å². The number of fused-ring (bicyclic) bond motifs is 1. The van der Waals surface area contributed by atoms with Gasteiger partial charge >= 0.3 is 0 Å². The number of nitrogens with zero attached hydrogens (tertiary/aromatic N) is 2. The molecule has 1 aromatic carbocycles. The number of halogens is 1. The van der Waals surface area contributed by atoms with E-state index in [2.05, 4.69) is 48.4 Å². The van der Waals surface area contributed by atoms with Crippen molar-refractivity contribution in [1.29, 1.82) is 0 Å². The van der Waals surface area contributed by atoms with Gasteiger partial charge in [-0.05, 0) is 49.5 Å². The zero-order chi connectivity index (χ0) is 19.8. The first-order chi connectivity index (χ1) is 13.7. The highest BCUT2D eigenvalue weighted by molar-refractivity contribution is 14.0. The van der Waals surface area contributed by atoms with E-state index in [0.29, 0.717) is 19.0 Å². The minimum Gasteiger partial charge on any atom is -0.357 e. The van der Waals surface area contributed by atoms with Gasteiger partial charge in [0.1, 0.15) is 0 Å². The normalized spacial score (nSPS) is 20.9. The summed E-state index contributed by atoms with van der Waals surface area (Å²) in [6.07, 6.45) is 5.09. The van der Waals surface area contributed by atoms with Crippen LogP contribution in [0.2, 0.25) is 0 Å². The summed E-state index contributed by atoms with van der Waals surface area (Å²) >= 11 is 2.07. The molecule has 2 N–H and O–H groups in total. The third kappa shape index (κ3) is 7.35. The van der Waals surface area contributed by atoms with Crippen LogP contribution in [0.15, 0.2) is 29.3 Å². The molecule has 1 heterocycles. The number of hydrogen-bond donors (Lipinski definition) is 2. The summed E-state index contributed by atoms with van der Waals surface area (Å²) in [7, 11) is 0. The molecular weight excluding hydrogens is 495 g/mol. The molecule has 0 bridgehead atoms. The van der Waals surface area contributed by atoms with Gasteiger partial charge in [0.15, 0.2) is 5.96 Å². The number of thioether (sulfide) groups is 1. The minimum atomic E-state index is 0. The van der Waals surface area contributed by atoms with E-state index in [1.807, 2.05) is 17.0 Å². The Morgan fingerprint density at radius 3 is 2.59 bits per heavy atom. The molecule has 3 rings (SSSR count). The van der Waals surface area contributed by atoms with Crippen molar-refractivity contribution >= 4 is 47.6 Å². The number of aliphatic imine (C=N–C) groups is 1. The van der Waals surface area contributed by atoms with Crippen LogP contribution in [0.25, 0.3) is 0 Å². The van der Waals surface area contributed by atoms with E-state index in [1.165, 1.54) is 36.1 Å². The molecule has 5 nitrogen and oxygen atoms in total. The lowest BCUT2D eigenvalue weighted by atomic mass is 10.1. The molecule has 29 heavy (non-hydrogen) atoms. The van der Waals surface area contributed by atoms with Crippen molar-refractivity contribution in [1.82, 2.24) is 15.5 Å². The number of carbonyl (C=O) groups is 1. The Balaban J connectivity index is 0.00000300. The maximum atomic E-state index is 12.5. The fraction of sp³-hybridized carbons (Fsp3) is 0.636. The summed E-state index contributed by atoms with van der Waals surface area (Å²) in [6, 6.07) is 8.85. The average molecular weight is 531 g/mol. The number of guanidine groups is 1. The first-order valence-corrected chi connectivity index (χ1v) is 11.8. The Morgan fingerprint density at radius 1 is 1.21 bits per heavy atom. The standard InChI is InChI=1S/C22H34N4OS.HI/c1-3-23-22(25-19-11-12-20(14-19)28-4-2)24-13-7-10-21(27)26-15-17-8-5-6-9-18(17)16-26;/h5-6,8-9,19-20H,3-4,7,10-16H2,1-2H3,(H2,23,24,25);1H. The highest BCUT2D eigenvalue weighted by Crippen LogP contribution is 2.29. The van der Waals surface area contributed by atoms with E-state index in [0.717, 1.165) is 37.3 Å². The van der Waals surface area contributed by atoms with E-state index < -0.39 is 0 Å². The molecular formula is C22H35IN4OS. The zero-order valence-corrected chi connectivity index (χ0v) is 20.8. The van der Waals surface area contributed by atoms with Crippen LogP contribution in [0, 0.1) is 0 Å². The van der Waals surface area contributed by atoms with Crippen LogP contribution >= 0.6 is 35.7 Å². The lowest BCUT2D eigenvalue weighted by Crippen LogP contribution is -2.42. The number of hydrogen-bond acceptors (Lipinski definition) is 3. The van der Waals surface area contributed by atoms with Crippen molar-refractivity contribution in [3.05, 3.63) is 35.4 Å². The fourth-order valence-corrected chi connectivity index (χ4v) is 5.20. The summed E-state index contributed by atoms with van der Waals surface area (Å²) in [5.74, 6) is 2.33. The molecule has 2 atom stereocenters. The van der Waals surface area contributed by atoms with Crippen molar-refractivity contribution in [3.63, 3.8) is 0 Å². The Hall–Kier alpha value is -0.960. The predicted molar refractivity (Wildman–Crippen MR) is 134 cm³/mol. The fourth-order valence-electron chi connectivity index (χ4n) is 4.06. The second-order valence-electron chi connectivity index (χ2n) is 7.61. The topological polar surface area (TPSA) is 56.7 Å². The maximum Gasteiger partial charge on any atom is 0.223 e. The zero-order valence-electron chi connectivity index (χ0n) is 17.7. The first kappa shape index (κ1) is 24.3. The van der Waals surface area contributed by atoms with Gasteiger partial charge in [-0.1, -0.05) is 31.2 Å². The molecule has 1 aromatic rings. The Kier molecular flexibility index (Phi) is 10.6. The third-order valence-corrected chi connectivity index (χ3v) is 6.72. The predicted octanol–water partition coefficient (Wildman–Crippen LogP) is 4.16. The van der Waals surface area contributed by atoms with Crippen LogP contribution < -0.4 is 10.6 Å². The van der Waals surface area contributed by atoms with E-state index in [9.17, 15) is 4.79 Å². The maximum absolute atomic E-state index is 12.5. The molecule has 0 aromatic heterocycles. The van der Waals surface area contributed by atoms with Crippen LogP contribution in [0.4, 0.5) is 0 Å². The van der Waals surface area contributed by atoms with Gasteiger partial charge in [-0.25, -0.2) is 0 Å². The summed E-state index contributed by atoms with van der Waals surface area (Å²) in [4.78, 5) is 19.2. The molecule has 1 aliphatic heterocycles. The van der Waals surface area contributed by atoms with Crippen LogP contribution in [0.5, 0.6) is 0 Å². The summed E-state index contributed by atoms with van der Waals surface area (Å²) < 4.78 is 0. The molecule has 1 aliphatic carbocycles. The molecule has 0 spiro atoms. The second kappa shape index (κ2) is 12.7. The van der Waals surface area contributed by atoms with Crippen LogP contribution in [-0.4, -0.2) is 46.9 Å². The molecule has 2 aliphatic rings. The average Bonchev–Trinajstić information content (AvgIpc) is 3.32. The van der Waals surface area contributed by atoms with Gasteiger partial charge in [0.05, 0.1) is 0 Å². The summed E-state index contributed by atoms with van der Waals surface area (Å²) in [6.45, 7) is 7.37. The largest absolute Gasteiger partial charge is 0.357 e. The van der Waals surface area contributed by atoms with Crippen molar-refractivity contribution in [3.8, 4) is 0 Å². The molecule has 2 unspecified atom stereocenters. The number of amides is 1. The lowest BCUT2D eigenvalue weighted by molar-refractivity contribution is -0.131. The first-order valence-electron chi connectivity index (χ1n) is 10.7. The van der Waals surface area contributed by atoms with E-state index >= 15 is 0 Å². The quantitative estimate of drug-likeness (QED) is 0.230. The molecule has 0 radical (unpaired) electrons. The van der Waals surface area contributed by atoms with E-state index in [4.69, 9.17) is 4.99 Å². The van der Waals surface area contributed by atoms with Gasteiger partial charge in [0.25, 0.3) is 0 Å². The molecule has 1 saturated carbocycles. The number of nitrogens with one attached hydrogen (secondary N) is 2. The third-order valence-electron chi connectivity index (χ3n) is 5.48. The lowest BCUT2D eigenvalue weighted by Gasteiger charge is -2.17.